The van der Waals surface area contributed by atoms with Gasteiger partial charge in [0.1, 0.15) is 5.52 Å². The fraction of sp³-hybridized carbons (Fsp3) is 0.321. The molecule has 2 fully saturated rings. The van der Waals surface area contributed by atoms with Crippen molar-refractivity contribution < 1.29 is 9.18 Å². The van der Waals surface area contributed by atoms with E-state index in [4.69, 9.17) is 11.6 Å². The molecule has 8 heteroatoms. The lowest BCUT2D eigenvalue weighted by molar-refractivity contribution is -0.126. The fourth-order valence-electron chi connectivity index (χ4n) is 5.43. The van der Waals surface area contributed by atoms with Gasteiger partial charge in [0.25, 0.3) is 0 Å². The first kappa shape index (κ1) is 23.0. The summed E-state index contributed by atoms with van der Waals surface area (Å²) in [7, 11) is 0. The van der Waals surface area contributed by atoms with E-state index in [1.807, 2.05) is 42.9 Å². The average Bonchev–Trinajstić information content (AvgIpc) is 3.63. The molecule has 6 rings (SSSR count). The second kappa shape index (κ2) is 8.59. The predicted molar refractivity (Wildman–Crippen MR) is 142 cm³/mol. The molecule has 2 aromatic carbocycles. The van der Waals surface area contributed by atoms with Crippen LogP contribution >= 0.6 is 11.6 Å². The standard InChI is InChI=1S/C28H27ClFN5O/c1-4-22(36)33-9-11-34(12-10-33)27-17(3)14-31-26-20(27)13-21(29)24(25(26)30)23-16(2)5-6-18-15-32-35(28(18)23)19-7-8-19/h4-6,13-15,19H,1,7-12H2,2-3H3. The van der Waals surface area contributed by atoms with Crippen molar-refractivity contribution in [2.75, 3.05) is 31.1 Å². The first-order valence-corrected chi connectivity index (χ1v) is 12.7. The molecule has 0 atom stereocenters. The summed E-state index contributed by atoms with van der Waals surface area (Å²) >= 11 is 6.90. The highest BCUT2D eigenvalue weighted by Crippen LogP contribution is 2.45. The second-order valence-corrected chi connectivity index (χ2v) is 10.2. The Bertz CT molecular complexity index is 1550. The Morgan fingerprint density at radius 3 is 2.56 bits per heavy atom. The number of carbonyl (C=O) groups is 1. The van der Waals surface area contributed by atoms with Crippen LogP contribution < -0.4 is 4.90 Å². The maximum atomic E-state index is 16.4. The summed E-state index contributed by atoms with van der Waals surface area (Å²) in [6.07, 6.45) is 7.07. The molecule has 0 N–H and O–H groups in total. The van der Waals surface area contributed by atoms with Gasteiger partial charge in [-0.25, -0.2) is 4.39 Å². The van der Waals surface area contributed by atoms with Crippen LogP contribution in [-0.4, -0.2) is 51.8 Å². The lowest BCUT2D eigenvalue weighted by atomic mass is 9.95. The van der Waals surface area contributed by atoms with Crippen molar-refractivity contribution in [1.29, 1.82) is 0 Å². The molecule has 1 saturated carbocycles. The number of carbonyl (C=O) groups excluding carboxylic acids is 1. The Hall–Kier alpha value is -3.45. The number of fused-ring (bicyclic) bond motifs is 2. The van der Waals surface area contributed by atoms with E-state index in [9.17, 15) is 4.79 Å². The number of rotatable bonds is 4. The van der Waals surface area contributed by atoms with Crippen LogP contribution in [0.25, 0.3) is 32.9 Å². The molecular formula is C28H27ClFN5O. The van der Waals surface area contributed by atoms with E-state index in [1.54, 1.807) is 11.1 Å². The Kier molecular flexibility index (Phi) is 5.48. The number of benzene rings is 2. The van der Waals surface area contributed by atoms with E-state index in [2.05, 4.69) is 21.6 Å². The molecule has 2 aromatic heterocycles. The number of hydrogen-bond acceptors (Lipinski definition) is 4. The number of nitrogens with zero attached hydrogens (tertiary/aromatic N) is 5. The summed E-state index contributed by atoms with van der Waals surface area (Å²) in [4.78, 5) is 20.5. The third-order valence-electron chi connectivity index (χ3n) is 7.40. The summed E-state index contributed by atoms with van der Waals surface area (Å²) in [5.41, 5.74) is 5.18. The Morgan fingerprint density at radius 1 is 1.11 bits per heavy atom. The molecular weight excluding hydrogens is 477 g/mol. The van der Waals surface area contributed by atoms with E-state index < -0.39 is 5.82 Å². The number of aryl methyl sites for hydroxylation is 2. The maximum Gasteiger partial charge on any atom is 0.246 e. The normalized spacial score (nSPS) is 16.2. The van der Waals surface area contributed by atoms with Crippen LogP contribution in [0.4, 0.5) is 10.1 Å². The van der Waals surface area contributed by atoms with Gasteiger partial charge in [0.15, 0.2) is 5.82 Å². The number of pyridine rings is 1. The molecule has 1 amide bonds. The number of halogens is 2. The smallest absolute Gasteiger partial charge is 0.246 e. The molecule has 4 aromatic rings. The monoisotopic (exact) mass is 503 g/mol. The average molecular weight is 504 g/mol. The fourth-order valence-corrected chi connectivity index (χ4v) is 5.72. The van der Waals surface area contributed by atoms with Crippen LogP contribution in [0.15, 0.2) is 43.2 Å². The summed E-state index contributed by atoms with van der Waals surface area (Å²) in [5, 5.41) is 6.63. The highest BCUT2D eigenvalue weighted by molar-refractivity contribution is 6.35. The number of amides is 1. The third kappa shape index (κ3) is 3.56. The summed E-state index contributed by atoms with van der Waals surface area (Å²) in [6, 6.07) is 6.23. The highest BCUT2D eigenvalue weighted by atomic mass is 35.5. The molecule has 36 heavy (non-hydrogen) atoms. The van der Waals surface area contributed by atoms with E-state index in [0.29, 0.717) is 53.7 Å². The highest BCUT2D eigenvalue weighted by Gasteiger charge is 2.30. The van der Waals surface area contributed by atoms with Crippen LogP contribution in [0, 0.1) is 19.7 Å². The Balaban J connectivity index is 1.51. The minimum atomic E-state index is -0.418. The van der Waals surface area contributed by atoms with Crippen molar-refractivity contribution in [2.45, 2.75) is 32.7 Å². The Labute approximate surface area is 214 Å². The van der Waals surface area contributed by atoms with Gasteiger partial charge in [-0.3, -0.25) is 14.5 Å². The molecule has 1 aliphatic carbocycles. The van der Waals surface area contributed by atoms with Crippen molar-refractivity contribution in [3.05, 3.63) is 65.2 Å². The lowest BCUT2D eigenvalue weighted by Gasteiger charge is -2.37. The van der Waals surface area contributed by atoms with Crippen molar-refractivity contribution >= 4 is 45.0 Å². The molecule has 0 spiro atoms. The molecule has 0 bridgehead atoms. The van der Waals surface area contributed by atoms with E-state index in [1.165, 1.54) is 6.08 Å². The zero-order valence-electron chi connectivity index (χ0n) is 20.4. The van der Waals surface area contributed by atoms with E-state index in [-0.39, 0.29) is 5.91 Å². The van der Waals surface area contributed by atoms with Crippen LogP contribution in [0.2, 0.25) is 5.02 Å². The lowest BCUT2D eigenvalue weighted by Crippen LogP contribution is -2.48. The molecule has 0 unspecified atom stereocenters. The van der Waals surface area contributed by atoms with Gasteiger partial charge in [-0.15, -0.1) is 0 Å². The number of aromatic nitrogens is 3. The largest absolute Gasteiger partial charge is 0.367 e. The quantitative estimate of drug-likeness (QED) is 0.329. The van der Waals surface area contributed by atoms with Gasteiger partial charge < -0.3 is 9.80 Å². The van der Waals surface area contributed by atoms with Crippen LogP contribution in [-0.2, 0) is 4.79 Å². The van der Waals surface area contributed by atoms with Gasteiger partial charge in [-0.1, -0.05) is 30.3 Å². The molecule has 1 aliphatic heterocycles. The second-order valence-electron chi connectivity index (χ2n) is 9.77. The van der Waals surface area contributed by atoms with Gasteiger partial charge >= 0.3 is 0 Å². The number of anilines is 1. The minimum Gasteiger partial charge on any atom is -0.367 e. The number of hydrogen-bond donors (Lipinski definition) is 0. The maximum absolute atomic E-state index is 16.4. The van der Waals surface area contributed by atoms with Crippen molar-refractivity contribution in [1.82, 2.24) is 19.7 Å². The van der Waals surface area contributed by atoms with E-state index in [0.717, 1.165) is 46.1 Å². The van der Waals surface area contributed by atoms with Crippen LogP contribution in [0.1, 0.15) is 30.0 Å². The molecule has 3 heterocycles. The van der Waals surface area contributed by atoms with E-state index >= 15 is 4.39 Å². The van der Waals surface area contributed by atoms with Crippen molar-refractivity contribution in [3.63, 3.8) is 0 Å². The van der Waals surface area contributed by atoms with Crippen molar-refractivity contribution in [3.8, 4) is 11.1 Å². The summed E-state index contributed by atoms with van der Waals surface area (Å²) < 4.78 is 18.4. The SMILES string of the molecule is C=CC(=O)N1CCN(c2c(C)cnc3c(F)c(-c4c(C)ccc5cnn(C6CC6)c45)c(Cl)cc23)CC1. The van der Waals surface area contributed by atoms with Gasteiger partial charge in [0.05, 0.1) is 28.5 Å². The zero-order chi connectivity index (χ0) is 25.1. The van der Waals surface area contributed by atoms with Gasteiger partial charge in [-0.2, -0.15) is 5.10 Å². The molecule has 184 valence electrons. The van der Waals surface area contributed by atoms with Gasteiger partial charge in [0, 0.05) is 54.3 Å². The summed E-state index contributed by atoms with van der Waals surface area (Å²) in [6.45, 7) is 9.98. The zero-order valence-corrected chi connectivity index (χ0v) is 21.1. The van der Waals surface area contributed by atoms with Crippen molar-refractivity contribution in [2.24, 2.45) is 0 Å². The first-order valence-electron chi connectivity index (χ1n) is 12.3. The first-order chi connectivity index (χ1) is 17.4. The molecule has 6 nitrogen and oxygen atoms in total. The van der Waals surface area contributed by atoms with Crippen LogP contribution in [0.5, 0.6) is 0 Å². The van der Waals surface area contributed by atoms with Gasteiger partial charge in [-0.05, 0) is 50.0 Å². The van der Waals surface area contributed by atoms with Crippen LogP contribution in [0.3, 0.4) is 0 Å². The third-order valence-corrected chi connectivity index (χ3v) is 7.70. The molecule has 2 aliphatic rings. The van der Waals surface area contributed by atoms with Gasteiger partial charge in [0.2, 0.25) is 5.91 Å². The molecule has 0 radical (unpaired) electrons. The minimum absolute atomic E-state index is 0.0697. The summed E-state index contributed by atoms with van der Waals surface area (Å²) in [5.74, 6) is -0.488. The number of piperazine rings is 1. The Morgan fingerprint density at radius 2 is 1.86 bits per heavy atom. The topological polar surface area (TPSA) is 54.3 Å². The predicted octanol–water partition coefficient (Wildman–Crippen LogP) is 5.83. The molecule has 1 saturated heterocycles.